The maximum atomic E-state index is 14.6. The quantitative estimate of drug-likeness (QED) is 0.395. The van der Waals surface area contributed by atoms with Gasteiger partial charge in [-0.1, -0.05) is 24.8 Å². The molecule has 0 amide bonds. The highest BCUT2D eigenvalue weighted by Gasteiger charge is 2.27. The fraction of sp³-hybridized carbons (Fsp3) is 0.133. The molecule has 180 valence electrons. The highest BCUT2D eigenvalue weighted by atomic mass is 19.1. The zero-order chi connectivity index (χ0) is 25.4. The largest absolute Gasteiger partial charge is 0.507 e. The van der Waals surface area contributed by atoms with E-state index < -0.39 is 0 Å². The van der Waals surface area contributed by atoms with E-state index in [0.29, 0.717) is 44.9 Å². The number of benzene rings is 2. The van der Waals surface area contributed by atoms with E-state index in [9.17, 15) is 9.50 Å². The van der Waals surface area contributed by atoms with Gasteiger partial charge in [0.05, 0.1) is 28.3 Å². The van der Waals surface area contributed by atoms with Crippen molar-refractivity contribution in [3.8, 4) is 17.0 Å². The molecular formula is C30H26FN3O2. The van der Waals surface area contributed by atoms with Gasteiger partial charge in [0.2, 0.25) is 0 Å². The monoisotopic (exact) mass is 479 g/mol. The Labute approximate surface area is 209 Å². The zero-order valence-electron chi connectivity index (χ0n) is 20.3. The van der Waals surface area contributed by atoms with Crippen LogP contribution in [0.4, 0.5) is 10.1 Å². The molecule has 0 bridgehead atoms. The Kier molecular flexibility index (Phi) is 6.02. The molecule has 6 heteroatoms. The lowest BCUT2D eigenvalue weighted by molar-refractivity contribution is 0.453. The molecule has 0 spiro atoms. The van der Waals surface area contributed by atoms with E-state index in [1.165, 1.54) is 6.07 Å². The molecule has 5 rings (SSSR count). The lowest BCUT2D eigenvalue weighted by Gasteiger charge is -2.27. The first-order valence-corrected chi connectivity index (χ1v) is 11.7. The van der Waals surface area contributed by atoms with Crippen molar-refractivity contribution in [1.29, 1.82) is 0 Å². The first-order valence-electron chi connectivity index (χ1n) is 11.7. The molecule has 0 radical (unpaired) electrons. The number of pyridine rings is 2. The molecule has 2 N–H and O–H groups in total. The van der Waals surface area contributed by atoms with Crippen LogP contribution in [0.2, 0.25) is 0 Å². The first kappa shape index (κ1) is 23.3. The van der Waals surface area contributed by atoms with Gasteiger partial charge in [0.25, 0.3) is 0 Å². The molecule has 36 heavy (non-hydrogen) atoms. The zero-order valence-corrected chi connectivity index (χ0v) is 20.3. The molecule has 5 nitrogen and oxygen atoms in total. The van der Waals surface area contributed by atoms with Crippen LogP contribution in [0.3, 0.4) is 0 Å². The van der Waals surface area contributed by atoms with Crippen LogP contribution in [0, 0.1) is 12.7 Å². The van der Waals surface area contributed by atoms with Crippen molar-refractivity contribution in [2.75, 3.05) is 5.32 Å². The van der Waals surface area contributed by atoms with E-state index in [1.807, 2.05) is 51.1 Å². The number of nitrogens with zero attached hydrogens (tertiary/aromatic N) is 2. The number of hydrogen-bond acceptors (Lipinski definition) is 5. The van der Waals surface area contributed by atoms with Gasteiger partial charge in [0.15, 0.2) is 0 Å². The molecule has 1 aliphatic rings. The predicted octanol–water partition coefficient (Wildman–Crippen LogP) is 5.66. The molecule has 4 aromatic rings. The van der Waals surface area contributed by atoms with Gasteiger partial charge in [-0.15, -0.1) is 0 Å². The van der Waals surface area contributed by atoms with Crippen molar-refractivity contribution >= 4 is 23.8 Å². The van der Waals surface area contributed by atoms with E-state index in [0.717, 1.165) is 16.3 Å². The van der Waals surface area contributed by atoms with Gasteiger partial charge < -0.3 is 15.2 Å². The minimum atomic E-state index is -0.338. The van der Waals surface area contributed by atoms with E-state index in [4.69, 9.17) is 4.74 Å². The summed E-state index contributed by atoms with van der Waals surface area (Å²) < 4.78 is 21.0. The van der Waals surface area contributed by atoms with E-state index in [2.05, 4.69) is 21.9 Å². The molecule has 2 aromatic carbocycles. The molecule has 0 saturated carbocycles. The number of nitrogens with one attached hydrogen (secondary N) is 1. The summed E-state index contributed by atoms with van der Waals surface area (Å²) in [5.74, 6) is 0.928. The van der Waals surface area contributed by atoms with E-state index >= 15 is 0 Å². The van der Waals surface area contributed by atoms with Gasteiger partial charge in [-0.05, 0) is 68.8 Å². The molecule has 3 heterocycles. The minimum absolute atomic E-state index is 0.163. The fourth-order valence-electron chi connectivity index (χ4n) is 4.44. The summed E-state index contributed by atoms with van der Waals surface area (Å²) in [5, 5.41) is 16.0. The summed E-state index contributed by atoms with van der Waals surface area (Å²) >= 11 is 0. The van der Waals surface area contributed by atoms with Gasteiger partial charge >= 0.3 is 0 Å². The highest BCUT2D eigenvalue weighted by molar-refractivity contribution is 5.84. The Morgan fingerprint density at radius 2 is 1.81 bits per heavy atom. The number of anilines is 1. The third-order valence-corrected chi connectivity index (χ3v) is 6.28. The van der Waals surface area contributed by atoms with Crippen LogP contribution < -0.4 is 20.6 Å². The Bertz CT molecular complexity index is 1600. The number of fused-ring (bicyclic) bond motifs is 1. The van der Waals surface area contributed by atoms with Crippen molar-refractivity contribution in [2.45, 2.75) is 26.8 Å². The SMILES string of the molecule is C=c1ccc(=C2Oc3c(cc(C)cc3[C@@H](C)Nc3cccnc3-c3ccccc3F)C(O)=C2C)cn1. The van der Waals surface area contributed by atoms with Crippen LogP contribution in [0.15, 0.2) is 78.6 Å². The van der Waals surface area contributed by atoms with Crippen LogP contribution in [-0.2, 0) is 0 Å². The highest BCUT2D eigenvalue weighted by Crippen LogP contribution is 2.43. The molecule has 0 aliphatic carbocycles. The van der Waals surface area contributed by atoms with E-state index in [-0.39, 0.29) is 17.6 Å². The topological polar surface area (TPSA) is 67.3 Å². The third kappa shape index (κ3) is 4.22. The van der Waals surface area contributed by atoms with Gasteiger partial charge in [-0.25, -0.2) is 4.39 Å². The molecule has 1 atom stereocenters. The number of aliphatic hydroxyl groups excluding tert-OH is 1. The number of halogens is 1. The average molecular weight is 480 g/mol. The maximum absolute atomic E-state index is 14.6. The van der Waals surface area contributed by atoms with Crippen LogP contribution >= 0.6 is 0 Å². The molecule has 1 aliphatic heterocycles. The standard InChI is InChI=1S/C30H26FN3O2/c1-17-14-23(20(4)34-26-10-7-13-32-27(26)22-8-5-6-9-25(22)31)30-24(15-17)28(35)19(3)29(36-30)21-12-11-18(2)33-16-21/h5-16,20,34-35H,2H2,1,3-4H3/t20-/m1/s1. The number of ether oxygens (including phenoxy) is 1. The number of aryl methyl sites for hydroxylation is 1. The maximum Gasteiger partial charge on any atom is 0.143 e. The summed E-state index contributed by atoms with van der Waals surface area (Å²) in [6, 6.07) is 17.6. The lowest BCUT2D eigenvalue weighted by atomic mass is 9.94. The summed E-state index contributed by atoms with van der Waals surface area (Å²) in [7, 11) is 0. The fourth-order valence-corrected chi connectivity index (χ4v) is 4.44. The number of hydrogen-bond donors (Lipinski definition) is 2. The van der Waals surface area contributed by atoms with Gasteiger partial charge in [0, 0.05) is 34.3 Å². The first-order chi connectivity index (χ1) is 17.3. The van der Waals surface area contributed by atoms with Crippen molar-refractivity contribution in [1.82, 2.24) is 9.97 Å². The summed E-state index contributed by atoms with van der Waals surface area (Å²) in [6.07, 6.45) is 3.33. The molecule has 0 unspecified atom stereocenters. The van der Waals surface area contributed by atoms with Gasteiger partial charge in [-0.3, -0.25) is 9.97 Å². The van der Waals surface area contributed by atoms with Crippen molar-refractivity contribution in [3.63, 3.8) is 0 Å². The second-order valence-corrected chi connectivity index (χ2v) is 8.92. The van der Waals surface area contributed by atoms with Crippen molar-refractivity contribution < 1.29 is 14.2 Å². The molecule has 0 saturated heterocycles. The minimum Gasteiger partial charge on any atom is -0.507 e. The second kappa shape index (κ2) is 9.30. The van der Waals surface area contributed by atoms with Crippen molar-refractivity contribution in [3.05, 3.63) is 112 Å². The average Bonchev–Trinajstić information content (AvgIpc) is 2.87. The Morgan fingerprint density at radius 1 is 1.00 bits per heavy atom. The molecular weight excluding hydrogens is 453 g/mol. The van der Waals surface area contributed by atoms with E-state index in [1.54, 1.807) is 36.7 Å². The molecule has 2 aromatic heterocycles. The summed E-state index contributed by atoms with van der Waals surface area (Å²) in [6.45, 7) is 9.64. The third-order valence-electron chi connectivity index (χ3n) is 6.28. The van der Waals surface area contributed by atoms with Gasteiger partial charge in [0.1, 0.15) is 23.1 Å². The smallest absolute Gasteiger partial charge is 0.143 e. The van der Waals surface area contributed by atoms with Crippen LogP contribution in [0.25, 0.3) is 29.4 Å². The van der Waals surface area contributed by atoms with Gasteiger partial charge in [-0.2, -0.15) is 0 Å². The summed E-state index contributed by atoms with van der Waals surface area (Å²) in [4.78, 5) is 8.72. The lowest BCUT2D eigenvalue weighted by Crippen LogP contribution is -2.21. The predicted molar refractivity (Wildman–Crippen MR) is 141 cm³/mol. The Balaban J connectivity index is 1.60. The van der Waals surface area contributed by atoms with Crippen molar-refractivity contribution in [2.24, 2.45) is 0 Å². The Hall–Kier alpha value is -4.45. The van der Waals surface area contributed by atoms with Crippen LogP contribution in [0.5, 0.6) is 5.75 Å². The van der Waals surface area contributed by atoms with Crippen LogP contribution in [0.1, 0.15) is 36.6 Å². The number of aromatic nitrogens is 2. The number of rotatable bonds is 4. The normalized spacial score (nSPS) is 15.2. The Morgan fingerprint density at radius 3 is 2.56 bits per heavy atom. The number of aliphatic hydroxyl groups is 1. The molecule has 0 fully saturated rings. The van der Waals surface area contributed by atoms with Crippen LogP contribution in [-0.4, -0.2) is 15.1 Å². The summed E-state index contributed by atoms with van der Waals surface area (Å²) in [5.41, 5.74) is 4.73. The second-order valence-electron chi connectivity index (χ2n) is 8.92.